The van der Waals surface area contributed by atoms with Gasteiger partial charge in [0.25, 0.3) is 0 Å². The van der Waals surface area contributed by atoms with Crippen LogP contribution in [0.1, 0.15) is 31.7 Å². The first-order valence-electron chi connectivity index (χ1n) is 8.49. The maximum Gasteiger partial charge on any atom is 0.416 e. The zero-order chi connectivity index (χ0) is 18.7. The van der Waals surface area contributed by atoms with Crippen molar-refractivity contribution in [3.05, 3.63) is 48.5 Å². The Balaban J connectivity index is 1.70. The summed E-state index contributed by atoms with van der Waals surface area (Å²) in [7, 11) is 0. The second-order valence-corrected chi connectivity index (χ2v) is 6.35. The summed E-state index contributed by atoms with van der Waals surface area (Å²) < 4.78 is 45.2. The molecule has 2 aromatic rings. The summed E-state index contributed by atoms with van der Waals surface area (Å²) in [6.45, 7) is 2.45. The fourth-order valence-corrected chi connectivity index (χ4v) is 3.22. The van der Waals surface area contributed by atoms with Crippen LogP contribution in [0.4, 0.5) is 18.0 Å². The van der Waals surface area contributed by atoms with Crippen molar-refractivity contribution in [3.8, 4) is 5.75 Å². The van der Waals surface area contributed by atoms with Crippen LogP contribution in [0.5, 0.6) is 5.75 Å². The molecule has 26 heavy (non-hydrogen) atoms. The van der Waals surface area contributed by atoms with Crippen molar-refractivity contribution in [2.45, 2.75) is 44.5 Å². The maximum atomic E-state index is 12.7. The molecule has 3 rings (SSSR count). The molecule has 1 aromatic heterocycles. The number of amides is 1. The second kappa shape index (κ2) is 7.39. The smallest absolute Gasteiger partial charge is 0.416 e. The molecule has 5 nitrogen and oxygen atoms in total. The van der Waals surface area contributed by atoms with E-state index in [0.29, 0.717) is 12.3 Å². The zero-order valence-corrected chi connectivity index (χ0v) is 14.3. The van der Waals surface area contributed by atoms with Crippen molar-refractivity contribution in [1.82, 2.24) is 14.5 Å². The Kier molecular flexibility index (Phi) is 5.20. The molecule has 1 aromatic carbocycles. The van der Waals surface area contributed by atoms with Gasteiger partial charge in [-0.15, -0.1) is 0 Å². The van der Waals surface area contributed by atoms with Crippen molar-refractivity contribution in [2.75, 3.05) is 6.54 Å². The number of piperidine rings is 1. The molecule has 1 aliphatic heterocycles. The lowest BCUT2D eigenvalue weighted by Crippen LogP contribution is -2.51. The number of nitrogens with zero attached hydrogens (tertiary/aromatic N) is 3. The summed E-state index contributed by atoms with van der Waals surface area (Å²) in [5.41, 5.74) is -0.716. The third kappa shape index (κ3) is 4.00. The number of carbonyl (C=O) groups excluding carboxylic acids is 1. The van der Waals surface area contributed by atoms with E-state index in [0.717, 1.165) is 31.4 Å². The van der Waals surface area contributed by atoms with Crippen LogP contribution < -0.4 is 4.74 Å². The van der Waals surface area contributed by atoms with Crippen LogP contribution in [0, 0.1) is 0 Å². The predicted octanol–water partition coefficient (Wildman–Crippen LogP) is 4.19. The molecule has 2 atom stereocenters. The average molecular weight is 367 g/mol. The van der Waals surface area contributed by atoms with Gasteiger partial charge in [-0.1, -0.05) is 0 Å². The van der Waals surface area contributed by atoms with Crippen molar-refractivity contribution < 1.29 is 22.7 Å². The van der Waals surface area contributed by atoms with Crippen LogP contribution in [0.3, 0.4) is 0 Å². The number of alkyl halides is 3. The standard InChI is InChI=1S/C18H20F3N3O2/c1-13(26-15-7-5-14(6-8-15)18(19,20)21)16-4-2-3-10-24(16)17(25)23-11-9-22-12-23/h5-9,11-13,16H,2-4,10H2,1H3. The van der Waals surface area contributed by atoms with Gasteiger partial charge in [-0.3, -0.25) is 4.57 Å². The Morgan fingerprint density at radius 3 is 2.62 bits per heavy atom. The molecule has 1 amide bonds. The lowest BCUT2D eigenvalue weighted by Gasteiger charge is -2.38. The van der Waals surface area contributed by atoms with Crippen molar-refractivity contribution in [3.63, 3.8) is 0 Å². The van der Waals surface area contributed by atoms with Gasteiger partial charge in [-0.2, -0.15) is 13.2 Å². The van der Waals surface area contributed by atoms with E-state index in [2.05, 4.69) is 4.98 Å². The zero-order valence-electron chi connectivity index (χ0n) is 14.3. The topological polar surface area (TPSA) is 47.4 Å². The van der Waals surface area contributed by atoms with E-state index >= 15 is 0 Å². The first-order chi connectivity index (χ1) is 12.4. The molecule has 1 fully saturated rings. The number of aromatic nitrogens is 2. The van der Waals surface area contributed by atoms with Gasteiger partial charge in [0.15, 0.2) is 0 Å². The molecule has 0 N–H and O–H groups in total. The highest BCUT2D eigenvalue weighted by Crippen LogP contribution is 2.31. The molecule has 2 heterocycles. The second-order valence-electron chi connectivity index (χ2n) is 6.35. The van der Waals surface area contributed by atoms with Gasteiger partial charge in [-0.25, -0.2) is 9.78 Å². The van der Waals surface area contributed by atoms with Crippen LogP contribution in [0.2, 0.25) is 0 Å². The number of hydrogen-bond donors (Lipinski definition) is 0. The number of carbonyl (C=O) groups is 1. The van der Waals surface area contributed by atoms with E-state index in [1.807, 2.05) is 6.92 Å². The minimum absolute atomic E-state index is 0.152. The number of halogens is 3. The summed E-state index contributed by atoms with van der Waals surface area (Å²) in [5.74, 6) is 0.353. The molecule has 0 bridgehead atoms. The fraction of sp³-hybridized carbons (Fsp3) is 0.444. The minimum atomic E-state index is -4.37. The van der Waals surface area contributed by atoms with E-state index in [1.54, 1.807) is 17.3 Å². The number of hydrogen-bond acceptors (Lipinski definition) is 3. The van der Waals surface area contributed by atoms with Crippen LogP contribution in [0.25, 0.3) is 0 Å². The quantitative estimate of drug-likeness (QED) is 0.817. The molecule has 2 unspecified atom stereocenters. The van der Waals surface area contributed by atoms with Crippen molar-refractivity contribution >= 4 is 6.03 Å². The largest absolute Gasteiger partial charge is 0.489 e. The summed E-state index contributed by atoms with van der Waals surface area (Å²) in [4.78, 5) is 18.3. The van der Waals surface area contributed by atoms with Gasteiger partial charge >= 0.3 is 12.2 Å². The van der Waals surface area contributed by atoms with Gasteiger partial charge in [0.1, 0.15) is 18.2 Å². The Morgan fingerprint density at radius 1 is 1.27 bits per heavy atom. The molecule has 1 saturated heterocycles. The number of benzene rings is 1. The SMILES string of the molecule is CC(Oc1ccc(C(F)(F)F)cc1)C1CCCCN1C(=O)n1ccnc1. The average Bonchev–Trinajstić information content (AvgIpc) is 3.15. The van der Waals surface area contributed by atoms with Crippen LogP contribution in [0.15, 0.2) is 43.0 Å². The van der Waals surface area contributed by atoms with Gasteiger partial charge in [-0.05, 0) is 50.5 Å². The number of imidazole rings is 1. The molecule has 1 aliphatic rings. The molecule has 8 heteroatoms. The lowest BCUT2D eigenvalue weighted by molar-refractivity contribution is -0.137. The van der Waals surface area contributed by atoms with Gasteiger partial charge in [0.05, 0.1) is 11.6 Å². The molecule has 0 spiro atoms. The third-order valence-corrected chi connectivity index (χ3v) is 4.57. The number of likely N-dealkylation sites (tertiary alicyclic amines) is 1. The minimum Gasteiger partial charge on any atom is -0.489 e. The predicted molar refractivity (Wildman–Crippen MR) is 88.9 cm³/mol. The molecule has 0 aliphatic carbocycles. The normalized spacial score (nSPS) is 19.2. The molecular formula is C18H20F3N3O2. The van der Waals surface area contributed by atoms with E-state index in [9.17, 15) is 18.0 Å². The first-order valence-corrected chi connectivity index (χ1v) is 8.49. The Hall–Kier alpha value is -2.51. The highest BCUT2D eigenvalue weighted by atomic mass is 19.4. The maximum absolute atomic E-state index is 12.7. The van der Waals surface area contributed by atoms with Crippen LogP contribution in [-0.4, -0.2) is 39.2 Å². The Bertz CT molecular complexity index is 729. The Morgan fingerprint density at radius 2 is 2.00 bits per heavy atom. The number of rotatable bonds is 3. The summed E-state index contributed by atoms with van der Waals surface area (Å²) in [6.07, 6.45) is 2.52. The van der Waals surface area contributed by atoms with Crippen molar-refractivity contribution in [2.24, 2.45) is 0 Å². The van der Waals surface area contributed by atoms with E-state index < -0.39 is 11.7 Å². The monoisotopic (exact) mass is 367 g/mol. The first kappa shape index (κ1) is 18.3. The summed E-state index contributed by atoms with van der Waals surface area (Å²) in [6, 6.07) is 4.29. The third-order valence-electron chi connectivity index (χ3n) is 4.57. The highest BCUT2D eigenvalue weighted by Gasteiger charge is 2.33. The van der Waals surface area contributed by atoms with E-state index in [4.69, 9.17) is 4.74 Å². The molecule has 0 radical (unpaired) electrons. The summed E-state index contributed by atoms with van der Waals surface area (Å²) >= 11 is 0. The fourth-order valence-electron chi connectivity index (χ4n) is 3.22. The van der Waals surface area contributed by atoms with E-state index in [-0.39, 0.29) is 18.2 Å². The highest BCUT2D eigenvalue weighted by molar-refractivity contribution is 5.77. The lowest BCUT2D eigenvalue weighted by atomic mass is 9.98. The van der Waals surface area contributed by atoms with Gasteiger partial charge < -0.3 is 9.64 Å². The van der Waals surface area contributed by atoms with Crippen molar-refractivity contribution in [1.29, 1.82) is 0 Å². The van der Waals surface area contributed by atoms with Gasteiger partial charge in [0, 0.05) is 18.9 Å². The van der Waals surface area contributed by atoms with Gasteiger partial charge in [0.2, 0.25) is 0 Å². The summed E-state index contributed by atoms with van der Waals surface area (Å²) in [5, 5.41) is 0. The van der Waals surface area contributed by atoms with Crippen LogP contribution >= 0.6 is 0 Å². The van der Waals surface area contributed by atoms with E-state index in [1.165, 1.54) is 23.0 Å². The Labute approximate surface area is 149 Å². The molecule has 0 saturated carbocycles. The molecular weight excluding hydrogens is 347 g/mol. The number of ether oxygens (including phenoxy) is 1. The van der Waals surface area contributed by atoms with Crippen LogP contribution in [-0.2, 0) is 6.18 Å². The molecule has 140 valence electrons.